The molecule has 0 aliphatic rings. The van der Waals surface area contributed by atoms with Gasteiger partial charge in [-0.3, -0.25) is 0 Å². The standard InChI is InChI=1S/C12H23N4O2P/c1-11(2)16(15-19(17)18)12(3,8-6-10-14)7-4-5-9-13/h11,15,17-18H,4-8H2,1-3H3. The van der Waals surface area contributed by atoms with Crippen molar-refractivity contribution in [2.45, 2.75) is 64.5 Å². The van der Waals surface area contributed by atoms with Gasteiger partial charge in [0, 0.05) is 24.4 Å². The van der Waals surface area contributed by atoms with Crippen molar-refractivity contribution in [3.63, 3.8) is 0 Å². The minimum absolute atomic E-state index is 0.0510. The average molecular weight is 286 g/mol. The Morgan fingerprint density at radius 2 is 1.79 bits per heavy atom. The fourth-order valence-electron chi connectivity index (χ4n) is 2.20. The maximum absolute atomic E-state index is 9.18. The Hall–Kier alpha value is -0.750. The number of nitriles is 2. The molecule has 0 saturated carbocycles. The van der Waals surface area contributed by atoms with Crippen LogP contribution in [0, 0.1) is 22.7 Å². The number of nitrogens with one attached hydrogen (secondary N) is 1. The van der Waals surface area contributed by atoms with Crippen molar-refractivity contribution in [2.75, 3.05) is 0 Å². The second-order valence-corrected chi connectivity index (χ2v) is 5.80. The van der Waals surface area contributed by atoms with Crippen LogP contribution in [0.25, 0.3) is 0 Å². The Morgan fingerprint density at radius 3 is 2.21 bits per heavy atom. The zero-order valence-corrected chi connectivity index (χ0v) is 12.7. The van der Waals surface area contributed by atoms with Crippen LogP contribution in [-0.4, -0.2) is 26.4 Å². The summed E-state index contributed by atoms with van der Waals surface area (Å²) in [6.45, 7) is 5.87. The van der Waals surface area contributed by atoms with Crippen LogP contribution in [0.2, 0.25) is 0 Å². The second-order valence-electron chi connectivity index (χ2n) is 5.02. The van der Waals surface area contributed by atoms with Gasteiger partial charge in [-0.25, -0.2) is 5.01 Å². The smallest absolute Gasteiger partial charge is 0.265 e. The molecule has 0 aromatic rings. The molecule has 0 radical (unpaired) electrons. The Kier molecular flexibility index (Phi) is 8.84. The number of nitrogens with zero attached hydrogens (tertiary/aromatic N) is 3. The molecule has 0 spiro atoms. The van der Waals surface area contributed by atoms with E-state index in [2.05, 4.69) is 17.3 Å². The molecule has 7 heteroatoms. The first-order valence-corrected chi connectivity index (χ1v) is 7.59. The number of hydrazine groups is 1. The van der Waals surface area contributed by atoms with Gasteiger partial charge in [0.2, 0.25) is 0 Å². The van der Waals surface area contributed by atoms with Gasteiger partial charge in [-0.15, -0.1) is 0 Å². The molecular formula is C12H23N4O2P. The van der Waals surface area contributed by atoms with E-state index in [4.69, 9.17) is 10.5 Å². The van der Waals surface area contributed by atoms with Gasteiger partial charge < -0.3 is 9.79 Å². The average Bonchev–Trinajstić information content (AvgIpc) is 2.33. The maximum Gasteiger partial charge on any atom is 0.265 e. The highest BCUT2D eigenvalue weighted by Gasteiger charge is 2.34. The van der Waals surface area contributed by atoms with E-state index >= 15 is 0 Å². The van der Waals surface area contributed by atoms with E-state index in [9.17, 15) is 9.79 Å². The lowest BCUT2D eigenvalue weighted by Gasteiger charge is -2.44. The number of hydrogen-bond acceptors (Lipinski definition) is 6. The lowest BCUT2D eigenvalue weighted by molar-refractivity contribution is 0.0263. The highest BCUT2D eigenvalue weighted by Crippen LogP contribution is 2.31. The van der Waals surface area contributed by atoms with Crippen molar-refractivity contribution < 1.29 is 9.79 Å². The van der Waals surface area contributed by atoms with Gasteiger partial charge in [0.05, 0.1) is 12.1 Å². The van der Waals surface area contributed by atoms with Crippen LogP contribution in [0.5, 0.6) is 0 Å². The number of rotatable bonds is 9. The summed E-state index contributed by atoms with van der Waals surface area (Å²) in [6.07, 6.45) is 2.90. The molecular weight excluding hydrogens is 263 g/mol. The zero-order valence-electron chi connectivity index (χ0n) is 11.8. The molecule has 6 nitrogen and oxygen atoms in total. The first-order valence-electron chi connectivity index (χ1n) is 6.35. The fourth-order valence-corrected chi connectivity index (χ4v) is 2.86. The minimum Gasteiger partial charge on any atom is -0.337 e. The molecule has 0 aliphatic heterocycles. The molecule has 0 saturated heterocycles. The maximum atomic E-state index is 9.18. The van der Waals surface area contributed by atoms with Crippen molar-refractivity contribution in [3.8, 4) is 12.1 Å². The highest BCUT2D eigenvalue weighted by atomic mass is 31.2. The molecule has 0 aliphatic carbocycles. The zero-order chi connectivity index (χ0) is 14.9. The van der Waals surface area contributed by atoms with Crippen LogP contribution in [-0.2, 0) is 0 Å². The molecule has 0 rings (SSSR count). The molecule has 19 heavy (non-hydrogen) atoms. The van der Waals surface area contributed by atoms with Crippen LogP contribution < -0.4 is 5.20 Å². The van der Waals surface area contributed by atoms with Crippen LogP contribution in [0.1, 0.15) is 52.9 Å². The van der Waals surface area contributed by atoms with Gasteiger partial charge in [0.25, 0.3) is 8.53 Å². The van der Waals surface area contributed by atoms with E-state index in [0.29, 0.717) is 19.3 Å². The Morgan fingerprint density at radius 1 is 1.21 bits per heavy atom. The molecule has 0 bridgehead atoms. The summed E-state index contributed by atoms with van der Waals surface area (Å²) in [5.41, 5.74) is -0.382. The molecule has 0 aromatic carbocycles. The van der Waals surface area contributed by atoms with Crippen molar-refractivity contribution in [3.05, 3.63) is 0 Å². The van der Waals surface area contributed by atoms with Gasteiger partial charge in [-0.2, -0.15) is 15.7 Å². The predicted molar refractivity (Wildman–Crippen MR) is 74.2 cm³/mol. The first kappa shape index (κ1) is 18.2. The summed E-state index contributed by atoms with van der Waals surface area (Å²) in [6, 6.07) is 4.28. The topological polar surface area (TPSA) is 103 Å². The van der Waals surface area contributed by atoms with Gasteiger partial charge in [0.15, 0.2) is 0 Å². The lowest BCUT2D eigenvalue weighted by Crippen LogP contribution is -2.55. The summed E-state index contributed by atoms with van der Waals surface area (Å²) in [5, 5.41) is 21.9. The largest absolute Gasteiger partial charge is 0.337 e. The fraction of sp³-hybridized carbons (Fsp3) is 0.833. The van der Waals surface area contributed by atoms with Crippen LogP contribution in [0.15, 0.2) is 0 Å². The third kappa shape index (κ3) is 6.82. The quantitative estimate of drug-likeness (QED) is 0.341. The molecule has 0 fully saturated rings. The molecule has 1 atom stereocenters. The van der Waals surface area contributed by atoms with Crippen LogP contribution in [0.3, 0.4) is 0 Å². The Labute approximate surface area is 116 Å². The molecule has 0 aromatic heterocycles. The third-order valence-electron chi connectivity index (χ3n) is 3.07. The van der Waals surface area contributed by atoms with Crippen molar-refractivity contribution >= 4 is 8.53 Å². The van der Waals surface area contributed by atoms with E-state index in [1.165, 1.54) is 0 Å². The van der Waals surface area contributed by atoms with E-state index in [1.54, 1.807) is 5.01 Å². The van der Waals surface area contributed by atoms with Gasteiger partial charge >= 0.3 is 0 Å². The molecule has 1 unspecified atom stereocenters. The molecule has 108 valence electrons. The van der Waals surface area contributed by atoms with Crippen molar-refractivity contribution in [1.82, 2.24) is 10.2 Å². The SMILES string of the molecule is CC(C)N(NP(O)O)C(C)(CCC#N)CCCC#N. The summed E-state index contributed by atoms with van der Waals surface area (Å²) >= 11 is 0. The van der Waals surface area contributed by atoms with Gasteiger partial charge in [0.1, 0.15) is 0 Å². The summed E-state index contributed by atoms with van der Waals surface area (Å²) in [4.78, 5) is 18.4. The Bertz CT molecular complexity index is 338. The van der Waals surface area contributed by atoms with Crippen molar-refractivity contribution in [1.29, 1.82) is 10.5 Å². The van der Waals surface area contributed by atoms with E-state index in [-0.39, 0.29) is 11.6 Å². The van der Waals surface area contributed by atoms with Crippen molar-refractivity contribution in [2.24, 2.45) is 0 Å². The highest BCUT2D eigenvalue weighted by molar-refractivity contribution is 7.42. The van der Waals surface area contributed by atoms with Crippen LogP contribution in [0.4, 0.5) is 0 Å². The number of unbranched alkanes of at least 4 members (excludes halogenated alkanes) is 1. The summed E-state index contributed by atoms with van der Waals surface area (Å²) < 4.78 is 0. The van der Waals surface area contributed by atoms with Gasteiger partial charge in [-0.1, -0.05) is 0 Å². The second kappa shape index (κ2) is 9.20. The third-order valence-corrected chi connectivity index (χ3v) is 3.47. The lowest BCUT2D eigenvalue weighted by atomic mass is 9.88. The molecule has 0 amide bonds. The predicted octanol–water partition coefficient (Wildman–Crippen LogP) is 2.17. The number of hydrogen-bond donors (Lipinski definition) is 3. The van der Waals surface area contributed by atoms with Gasteiger partial charge in [-0.05, 0) is 40.0 Å². The molecule has 3 N–H and O–H groups in total. The first-order chi connectivity index (χ1) is 8.87. The summed E-state index contributed by atoms with van der Waals surface area (Å²) in [5.74, 6) is 0. The monoisotopic (exact) mass is 286 g/mol. The normalized spacial score (nSPS) is 14.4. The summed E-state index contributed by atoms with van der Waals surface area (Å²) in [7, 11) is -2.24. The van der Waals surface area contributed by atoms with Crippen LogP contribution >= 0.6 is 8.53 Å². The van der Waals surface area contributed by atoms with E-state index in [1.807, 2.05) is 20.8 Å². The Balaban J connectivity index is 4.93. The van der Waals surface area contributed by atoms with E-state index in [0.717, 1.165) is 12.8 Å². The minimum atomic E-state index is -2.24. The van der Waals surface area contributed by atoms with E-state index < -0.39 is 8.53 Å². The molecule has 0 heterocycles.